The van der Waals surface area contributed by atoms with Crippen molar-refractivity contribution in [2.45, 2.75) is 18.4 Å². The van der Waals surface area contributed by atoms with Gasteiger partial charge in [-0.3, -0.25) is 14.5 Å². The van der Waals surface area contributed by atoms with E-state index in [9.17, 15) is 18.0 Å². The normalized spacial score (nSPS) is 15.0. The van der Waals surface area contributed by atoms with E-state index in [1.165, 1.54) is 54.5 Å². The zero-order chi connectivity index (χ0) is 26.0. The van der Waals surface area contributed by atoms with E-state index >= 15 is 0 Å². The maximum atomic E-state index is 12.9. The predicted molar refractivity (Wildman–Crippen MR) is 140 cm³/mol. The number of amides is 2. The number of benzene rings is 3. The monoisotopic (exact) mass is 563 g/mol. The Balaban J connectivity index is 1.60. The Morgan fingerprint density at radius 3 is 2.39 bits per heavy atom. The number of hydrogen-bond acceptors (Lipinski definition) is 7. The highest BCUT2D eigenvalue weighted by Gasteiger charge is 2.35. The number of methoxy groups -OCH3 is 1. The van der Waals surface area contributed by atoms with Crippen LogP contribution in [0.4, 0.5) is 4.79 Å². The van der Waals surface area contributed by atoms with Crippen molar-refractivity contribution in [3.8, 4) is 11.5 Å². The average molecular weight is 564 g/mol. The van der Waals surface area contributed by atoms with Gasteiger partial charge in [-0.1, -0.05) is 47.5 Å². The van der Waals surface area contributed by atoms with Gasteiger partial charge in [0.25, 0.3) is 11.1 Å². The molecule has 4 rings (SSSR count). The molecule has 1 heterocycles. The molecule has 2 amide bonds. The number of nitrogens with zero attached hydrogens (tertiary/aromatic N) is 1. The van der Waals surface area contributed by atoms with Gasteiger partial charge < -0.3 is 8.92 Å². The summed E-state index contributed by atoms with van der Waals surface area (Å²) < 4.78 is 36.0. The molecule has 0 spiro atoms. The van der Waals surface area contributed by atoms with Gasteiger partial charge in [-0.15, -0.1) is 0 Å². The molecule has 0 bridgehead atoms. The first-order chi connectivity index (χ1) is 17.1. The standard InChI is InChI=1S/C25H19Cl2NO6S2/c1-15-5-3-4-6-17(15)14-28-24(29)22(35-25(28)30)13-16-11-20(27)23(21(12-16)33-2)34-36(31,32)19-9-7-18(26)8-10-19/h3-13H,14H2,1-2H3/b22-13-. The number of carbonyl (C=O) groups excluding carboxylic acids is 2. The third-order valence-corrected chi connectivity index (χ3v) is 7.98. The highest BCUT2D eigenvalue weighted by molar-refractivity contribution is 8.18. The summed E-state index contributed by atoms with van der Waals surface area (Å²) in [4.78, 5) is 26.8. The van der Waals surface area contributed by atoms with Gasteiger partial charge in [0.1, 0.15) is 4.90 Å². The largest absolute Gasteiger partial charge is 0.493 e. The lowest BCUT2D eigenvalue weighted by molar-refractivity contribution is -0.123. The fourth-order valence-corrected chi connectivity index (χ4v) is 5.63. The van der Waals surface area contributed by atoms with Gasteiger partial charge in [0, 0.05) is 5.02 Å². The summed E-state index contributed by atoms with van der Waals surface area (Å²) in [6.07, 6.45) is 1.49. The minimum absolute atomic E-state index is 0.0328. The quantitative estimate of drug-likeness (QED) is 0.245. The van der Waals surface area contributed by atoms with Crippen molar-refractivity contribution in [2.75, 3.05) is 7.11 Å². The molecule has 1 aliphatic rings. The molecule has 3 aromatic rings. The number of carbonyl (C=O) groups is 2. The highest BCUT2D eigenvalue weighted by atomic mass is 35.5. The molecule has 11 heteroatoms. The summed E-state index contributed by atoms with van der Waals surface area (Å²) in [6.45, 7) is 2.07. The van der Waals surface area contributed by atoms with E-state index in [1.807, 2.05) is 31.2 Å². The van der Waals surface area contributed by atoms with Gasteiger partial charge >= 0.3 is 10.1 Å². The molecule has 0 radical (unpaired) electrons. The fourth-order valence-electron chi connectivity index (χ4n) is 3.41. The summed E-state index contributed by atoms with van der Waals surface area (Å²) in [7, 11) is -2.90. The molecule has 1 fully saturated rings. The average Bonchev–Trinajstić information content (AvgIpc) is 3.09. The molecule has 0 atom stereocenters. The van der Waals surface area contributed by atoms with Crippen LogP contribution in [-0.4, -0.2) is 31.6 Å². The van der Waals surface area contributed by atoms with Crippen molar-refractivity contribution >= 4 is 62.3 Å². The molecule has 0 aromatic heterocycles. The Labute approximate surface area is 222 Å². The first kappa shape index (κ1) is 26.1. The van der Waals surface area contributed by atoms with Crippen molar-refractivity contribution in [1.82, 2.24) is 4.90 Å². The van der Waals surface area contributed by atoms with E-state index in [0.717, 1.165) is 22.9 Å². The van der Waals surface area contributed by atoms with Crippen LogP contribution in [0, 0.1) is 6.92 Å². The van der Waals surface area contributed by atoms with Crippen molar-refractivity contribution in [3.63, 3.8) is 0 Å². The third kappa shape index (κ3) is 5.54. The van der Waals surface area contributed by atoms with E-state index in [0.29, 0.717) is 10.6 Å². The van der Waals surface area contributed by atoms with Crippen molar-refractivity contribution in [1.29, 1.82) is 0 Å². The Hall–Kier alpha value is -2.98. The number of imide groups is 1. The van der Waals surface area contributed by atoms with Gasteiger partial charge in [-0.25, -0.2) is 0 Å². The van der Waals surface area contributed by atoms with E-state index < -0.39 is 16.0 Å². The number of rotatable bonds is 7. The summed E-state index contributed by atoms with van der Waals surface area (Å²) in [5.74, 6) is -0.613. The van der Waals surface area contributed by atoms with Gasteiger partial charge in [0.05, 0.1) is 23.6 Å². The minimum Gasteiger partial charge on any atom is -0.493 e. The Morgan fingerprint density at radius 1 is 1.03 bits per heavy atom. The van der Waals surface area contributed by atoms with Crippen LogP contribution in [0.3, 0.4) is 0 Å². The van der Waals surface area contributed by atoms with Crippen LogP contribution < -0.4 is 8.92 Å². The summed E-state index contributed by atoms with van der Waals surface area (Å²) in [5.41, 5.74) is 2.27. The minimum atomic E-state index is -4.23. The Bertz CT molecular complexity index is 1490. The van der Waals surface area contributed by atoms with E-state index in [-0.39, 0.29) is 38.1 Å². The highest BCUT2D eigenvalue weighted by Crippen LogP contribution is 2.40. The molecule has 1 saturated heterocycles. The Morgan fingerprint density at radius 2 is 1.72 bits per heavy atom. The molecule has 1 aliphatic heterocycles. The predicted octanol–water partition coefficient (Wildman–Crippen LogP) is 6.31. The maximum absolute atomic E-state index is 12.9. The molecular formula is C25H19Cl2NO6S2. The third-order valence-electron chi connectivity index (χ3n) is 5.31. The van der Waals surface area contributed by atoms with Crippen LogP contribution >= 0.6 is 35.0 Å². The van der Waals surface area contributed by atoms with Gasteiger partial charge in [-0.05, 0) is 77.9 Å². The van der Waals surface area contributed by atoms with Crippen molar-refractivity contribution < 1.29 is 26.9 Å². The van der Waals surface area contributed by atoms with Crippen LogP contribution in [0.2, 0.25) is 10.0 Å². The number of aryl methyl sites for hydroxylation is 1. The summed E-state index contributed by atoms with van der Waals surface area (Å²) in [5, 5.41) is -0.0731. The summed E-state index contributed by atoms with van der Waals surface area (Å²) in [6, 6.07) is 15.9. The second kappa shape index (κ2) is 10.6. The van der Waals surface area contributed by atoms with Crippen molar-refractivity contribution in [2.24, 2.45) is 0 Å². The molecule has 0 N–H and O–H groups in total. The van der Waals surface area contributed by atoms with E-state index in [2.05, 4.69) is 0 Å². The molecule has 7 nitrogen and oxygen atoms in total. The van der Waals surface area contributed by atoms with Gasteiger partial charge in [-0.2, -0.15) is 8.42 Å². The molecule has 0 aliphatic carbocycles. The SMILES string of the molecule is COc1cc(/C=C2\SC(=O)N(Cc3ccccc3C)C2=O)cc(Cl)c1OS(=O)(=O)c1ccc(Cl)cc1. The molecule has 3 aromatic carbocycles. The molecule has 36 heavy (non-hydrogen) atoms. The topological polar surface area (TPSA) is 90.0 Å². The fraction of sp³-hybridized carbons (Fsp3) is 0.120. The Kier molecular flexibility index (Phi) is 7.65. The molecule has 0 unspecified atom stereocenters. The van der Waals surface area contributed by atoms with E-state index in [4.69, 9.17) is 32.1 Å². The van der Waals surface area contributed by atoms with Crippen LogP contribution in [0.5, 0.6) is 11.5 Å². The van der Waals surface area contributed by atoms with Crippen LogP contribution in [0.15, 0.2) is 70.5 Å². The second-order valence-electron chi connectivity index (χ2n) is 7.72. The van der Waals surface area contributed by atoms with Gasteiger partial charge in [0.2, 0.25) is 5.75 Å². The number of hydrogen-bond donors (Lipinski definition) is 0. The van der Waals surface area contributed by atoms with Crippen LogP contribution in [-0.2, 0) is 21.5 Å². The smallest absolute Gasteiger partial charge is 0.339 e. The van der Waals surface area contributed by atoms with Crippen LogP contribution in [0.1, 0.15) is 16.7 Å². The lowest BCUT2D eigenvalue weighted by Gasteiger charge is -2.14. The van der Waals surface area contributed by atoms with E-state index in [1.54, 1.807) is 0 Å². The zero-order valence-corrected chi connectivity index (χ0v) is 22.2. The zero-order valence-electron chi connectivity index (χ0n) is 19.0. The number of thioether (sulfide) groups is 1. The molecule has 186 valence electrons. The number of ether oxygens (including phenoxy) is 1. The first-order valence-electron chi connectivity index (χ1n) is 10.5. The van der Waals surface area contributed by atoms with Crippen molar-refractivity contribution in [3.05, 3.63) is 92.3 Å². The molecule has 0 saturated carbocycles. The lowest BCUT2D eigenvalue weighted by atomic mass is 10.1. The maximum Gasteiger partial charge on any atom is 0.339 e. The summed E-state index contributed by atoms with van der Waals surface area (Å²) >= 11 is 13.0. The van der Waals surface area contributed by atoms with Crippen LogP contribution in [0.25, 0.3) is 6.08 Å². The first-order valence-corrected chi connectivity index (χ1v) is 13.4. The van der Waals surface area contributed by atoms with Gasteiger partial charge in [0.15, 0.2) is 5.75 Å². The number of halogens is 2. The molecular weight excluding hydrogens is 545 g/mol. The second-order valence-corrected chi connectivity index (χ2v) is 11.1. The lowest BCUT2D eigenvalue weighted by Crippen LogP contribution is -2.27.